The second-order valence-corrected chi connectivity index (χ2v) is 8.72. The predicted molar refractivity (Wildman–Crippen MR) is 97.0 cm³/mol. The summed E-state index contributed by atoms with van der Waals surface area (Å²) in [6.45, 7) is 8.25. The smallest absolute Gasteiger partial charge is 0.218 e. The third-order valence-electron chi connectivity index (χ3n) is 4.67. The van der Waals surface area contributed by atoms with E-state index in [2.05, 4.69) is 41.8 Å². The van der Waals surface area contributed by atoms with Gasteiger partial charge < -0.3 is 10.6 Å². The van der Waals surface area contributed by atoms with E-state index >= 15 is 0 Å². The molecule has 2 rings (SSSR count). The van der Waals surface area contributed by atoms with Crippen LogP contribution in [0.25, 0.3) is 0 Å². The van der Waals surface area contributed by atoms with Crippen molar-refractivity contribution < 1.29 is 13.2 Å². The molecule has 1 fully saturated rings. The molecule has 1 aliphatic rings. The summed E-state index contributed by atoms with van der Waals surface area (Å²) in [4.78, 5) is 15.2. The number of piperazine rings is 1. The maximum absolute atomic E-state index is 11.9. The zero-order valence-electron chi connectivity index (χ0n) is 14.5. The van der Waals surface area contributed by atoms with E-state index in [0.717, 1.165) is 26.2 Å². The van der Waals surface area contributed by atoms with Crippen molar-refractivity contribution >= 4 is 21.4 Å². The number of carbonyl (C=O) groups excluding carboxylic acids is 1. The van der Waals surface area contributed by atoms with E-state index in [1.807, 2.05) is 0 Å². The van der Waals surface area contributed by atoms with Gasteiger partial charge in [0, 0.05) is 44.8 Å². The average Bonchev–Trinajstić information content (AvgIpc) is 2.55. The summed E-state index contributed by atoms with van der Waals surface area (Å²) in [6.07, 6.45) is -0.0945. The molecule has 0 spiro atoms. The standard InChI is InChI=1S/C17H27N3O3S/c1-14-4-3-5-16(15(14)2)20-9-7-19(8-10-20)11-13-24(22,23)12-6-17(18)21/h3-5H,6-13H2,1-2H3,(H2,18,21). The van der Waals surface area contributed by atoms with Crippen LogP contribution in [0, 0.1) is 13.8 Å². The van der Waals surface area contributed by atoms with Crippen LogP contribution in [0.15, 0.2) is 18.2 Å². The van der Waals surface area contributed by atoms with Crippen molar-refractivity contribution in [1.82, 2.24) is 4.90 Å². The topological polar surface area (TPSA) is 83.7 Å². The molecule has 0 aromatic heterocycles. The molecule has 0 aliphatic carbocycles. The van der Waals surface area contributed by atoms with Crippen LogP contribution < -0.4 is 10.6 Å². The van der Waals surface area contributed by atoms with Crippen molar-refractivity contribution in [2.75, 3.05) is 49.1 Å². The highest BCUT2D eigenvalue weighted by molar-refractivity contribution is 7.91. The lowest BCUT2D eigenvalue weighted by Crippen LogP contribution is -2.48. The fraction of sp³-hybridized carbons (Fsp3) is 0.588. The molecule has 1 saturated heterocycles. The van der Waals surface area contributed by atoms with Crippen LogP contribution in [0.1, 0.15) is 17.5 Å². The Hall–Kier alpha value is -1.60. The largest absolute Gasteiger partial charge is 0.370 e. The van der Waals surface area contributed by atoms with Gasteiger partial charge in [0.05, 0.1) is 11.5 Å². The molecule has 0 bridgehead atoms. The first-order chi connectivity index (χ1) is 11.3. The Morgan fingerprint density at radius 2 is 1.79 bits per heavy atom. The molecule has 0 unspecified atom stereocenters. The summed E-state index contributed by atoms with van der Waals surface area (Å²) in [5.74, 6) is -0.630. The summed E-state index contributed by atoms with van der Waals surface area (Å²) >= 11 is 0. The van der Waals surface area contributed by atoms with E-state index in [4.69, 9.17) is 5.73 Å². The maximum atomic E-state index is 11.9. The molecule has 7 heteroatoms. The number of benzene rings is 1. The molecule has 1 aromatic rings. The van der Waals surface area contributed by atoms with E-state index < -0.39 is 15.7 Å². The van der Waals surface area contributed by atoms with Crippen LogP contribution in [0.4, 0.5) is 5.69 Å². The first-order valence-corrected chi connectivity index (χ1v) is 10.1. The van der Waals surface area contributed by atoms with Gasteiger partial charge in [0.25, 0.3) is 0 Å². The molecule has 1 aromatic carbocycles. The highest BCUT2D eigenvalue weighted by Crippen LogP contribution is 2.23. The highest BCUT2D eigenvalue weighted by Gasteiger charge is 2.21. The van der Waals surface area contributed by atoms with Gasteiger partial charge in [0.15, 0.2) is 9.84 Å². The van der Waals surface area contributed by atoms with Gasteiger partial charge in [0.1, 0.15) is 0 Å². The van der Waals surface area contributed by atoms with E-state index in [1.54, 1.807) is 0 Å². The van der Waals surface area contributed by atoms with Gasteiger partial charge in [-0.05, 0) is 31.0 Å². The molecule has 1 amide bonds. The number of primary amides is 1. The van der Waals surface area contributed by atoms with Gasteiger partial charge in [-0.1, -0.05) is 12.1 Å². The first kappa shape index (κ1) is 18.7. The Morgan fingerprint density at radius 1 is 1.12 bits per heavy atom. The monoisotopic (exact) mass is 353 g/mol. The van der Waals surface area contributed by atoms with Crippen molar-refractivity contribution in [3.8, 4) is 0 Å². The van der Waals surface area contributed by atoms with Crippen LogP contribution >= 0.6 is 0 Å². The second kappa shape index (κ2) is 7.98. The molecule has 6 nitrogen and oxygen atoms in total. The molecule has 2 N–H and O–H groups in total. The van der Waals surface area contributed by atoms with Crippen LogP contribution in [0.5, 0.6) is 0 Å². The summed E-state index contributed by atoms with van der Waals surface area (Å²) < 4.78 is 23.8. The number of amides is 1. The third-order valence-corrected chi connectivity index (χ3v) is 6.30. The third kappa shape index (κ3) is 5.21. The predicted octanol–water partition coefficient (Wildman–Crippen LogP) is 0.716. The zero-order valence-corrected chi connectivity index (χ0v) is 15.3. The minimum absolute atomic E-state index is 0.0871. The molecule has 1 aliphatic heterocycles. The van der Waals surface area contributed by atoms with Gasteiger partial charge in [-0.3, -0.25) is 9.69 Å². The van der Waals surface area contributed by atoms with Crippen molar-refractivity contribution in [2.24, 2.45) is 5.73 Å². The normalized spacial score (nSPS) is 16.3. The molecule has 24 heavy (non-hydrogen) atoms. The number of hydrogen-bond donors (Lipinski definition) is 1. The molecule has 1 heterocycles. The van der Waals surface area contributed by atoms with Crippen LogP contribution in [0.2, 0.25) is 0 Å². The Morgan fingerprint density at radius 3 is 2.42 bits per heavy atom. The number of aryl methyl sites for hydroxylation is 1. The molecular formula is C17H27N3O3S. The summed E-state index contributed by atoms with van der Waals surface area (Å²) in [6, 6.07) is 6.34. The lowest BCUT2D eigenvalue weighted by Gasteiger charge is -2.37. The number of anilines is 1. The minimum Gasteiger partial charge on any atom is -0.370 e. The van der Waals surface area contributed by atoms with Crippen LogP contribution in [0.3, 0.4) is 0 Å². The Labute approximate surface area is 144 Å². The Bertz CT molecular complexity index is 680. The SMILES string of the molecule is Cc1cccc(N2CCN(CCS(=O)(=O)CCC(N)=O)CC2)c1C. The fourth-order valence-corrected chi connectivity index (χ4v) is 4.17. The summed E-state index contributed by atoms with van der Waals surface area (Å²) in [7, 11) is -3.21. The number of carbonyl (C=O) groups is 1. The molecule has 0 atom stereocenters. The van der Waals surface area contributed by atoms with Crippen LogP contribution in [-0.2, 0) is 14.6 Å². The van der Waals surface area contributed by atoms with Crippen molar-refractivity contribution in [1.29, 1.82) is 0 Å². The number of nitrogens with two attached hydrogens (primary N) is 1. The number of rotatable bonds is 7. The second-order valence-electron chi connectivity index (χ2n) is 6.42. The Kier molecular flexibility index (Phi) is 6.23. The van der Waals surface area contributed by atoms with Crippen LogP contribution in [-0.4, -0.2) is 63.5 Å². The summed E-state index contributed by atoms with van der Waals surface area (Å²) in [5.41, 5.74) is 8.87. The highest BCUT2D eigenvalue weighted by atomic mass is 32.2. The van der Waals surface area contributed by atoms with Gasteiger partial charge in [-0.25, -0.2) is 8.42 Å². The van der Waals surface area contributed by atoms with E-state index in [9.17, 15) is 13.2 Å². The van der Waals surface area contributed by atoms with Crippen molar-refractivity contribution in [3.63, 3.8) is 0 Å². The molecular weight excluding hydrogens is 326 g/mol. The summed E-state index contributed by atoms with van der Waals surface area (Å²) in [5, 5.41) is 0. The quantitative estimate of drug-likeness (QED) is 0.781. The first-order valence-electron chi connectivity index (χ1n) is 8.31. The van der Waals surface area contributed by atoms with Gasteiger partial charge >= 0.3 is 0 Å². The lowest BCUT2D eigenvalue weighted by atomic mass is 10.1. The fourth-order valence-electron chi connectivity index (χ4n) is 2.92. The number of sulfone groups is 1. The molecule has 134 valence electrons. The van der Waals surface area contributed by atoms with Crippen molar-refractivity contribution in [3.05, 3.63) is 29.3 Å². The number of nitrogens with zero attached hydrogens (tertiary/aromatic N) is 2. The zero-order chi connectivity index (χ0) is 17.7. The Balaban J connectivity index is 1.83. The molecule has 0 radical (unpaired) electrons. The van der Waals surface area contributed by atoms with E-state index in [1.165, 1.54) is 16.8 Å². The maximum Gasteiger partial charge on any atom is 0.218 e. The average molecular weight is 353 g/mol. The van der Waals surface area contributed by atoms with E-state index in [-0.39, 0.29) is 17.9 Å². The van der Waals surface area contributed by atoms with E-state index in [0.29, 0.717) is 6.54 Å². The van der Waals surface area contributed by atoms with Gasteiger partial charge in [-0.15, -0.1) is 0 Å². The number of hydrogen-bond acceptors (Lipinski definition) is 5. The minimum atomic E-state index is -3.21. The van der Waals surface area contributed by atoms with Gasteiger partial charge in [0.2, 0.25) is 5.91 Å². The molecule has 0 saturated carbocycles. The lowest BCUT2D eigenvalue weighted by molar-refractivity contribution is -0.117. The van der Waals surface area contributed by atoms with Gasteiger partial charge in [-0.2, -0.15) is 0 Å². The van der Waals surface area contributed by atoms with Crippen molar-refractivity contribution in [2.45, 2.75) is 20.3 Å².